The van der Waals surface area contributed by atoms with E-state index in [-0.39, 0.29) is 11.9 Å². The van der Waals surface area contributed by atoms with Gasteiger partial charge < -0.3 is 10.4 Å². The van der Waals surface area contributed by atoms with E-state index in [1.54, 1.807) is 14.0 Å². The molecule has 6 heteroatoms. The fourth-order valence-corrected chi connectivity index (χ4v) is 2.04. The van der Waals surface area contributed by atoms with Gasteiger partial charge in [0.05, 0.1) is 6.04 Å². The van der Waals surface area contributed by atoms with Crippen molar-refractivity contribution in [3.05, 3.63) is 0 Å². The van der Waals surface area contributed by atoms with Gasteiger partial charge in [0, 0.05) is 33.2 Å². The van der Waals surface area contributed by atoms with E-state index in [0.29, 0.717) is 13.1 Å². The second-order valence-corrected chi connectivity index (χ2v) is 4.38. The van der Waals surface area contributed by atoms with Crippen LogP contribution >= 0.6 is 0 Å². The molecule has 0 aromatic carbocycles. The van der Waals surface area contributed by atoms with Gasteiger partial charge in [-0.3, -0.25) is 19.4 Å². The third kappa shape index (κ3) is 3.41. The minimum atomic E-state index is -0.794. The number of carbonyl (C=O) groups is 2. The smallest absolute Gasteiger partial charge is 0.320 e. The van der Waals surface area contributed by atoms with E-state index in [1.807, 2.05) is 11.8 Å². The number of hydrogen-bond acceptors (Lipinski definition) is 4. The molecule has 0 bridgehead atoms. The Hall–Kier alpha value is -1.14. The summed E-state index contributed by atoms with van der Waals surface area (Å²) in [6, 6.07) is -0.602. The summed E-state index contributed by atoms with van der Waals surface area (Å²) >= 11 is 0. The molecule has 1 saturated heterocycles. The second kappa shape index (κ2) is 5.97. The van der Waals surface area contributed by atoms with E-state index in [0.717, 1.165) is 13.1 Å². The van der Waals surface area contributed by atoms with E-state index >= 15 is 0 Å². The third-order valence-electron chi connectivity index (χ3n) is 3.43. The van der Waals surface area contributed by atoms with Gasteiger partial charge in [0.25, 0.3) is 0 Å². The van der Waals surface area contributed by atoms with E-state index in [9.17, 15) is 9.59 Å². The second-order valence-electron chi connectivity index (χ2n) is 4.38. The molecule has 2 N–H and O–H groups in total. The Morgan fingerprint density at radius 1 is 1.06 bits per heavy atom. The molecule has 1 fully saturated rings. The molecule has 1 aliphatic heterocycles. The van der Waals surface area contributed by atoms with Crippen LogP contribution in [0.5, 0.6) is 0 Å². The third-order valence-corrected chi connectivity index (χ3v) is 3.43. The van der Waals surface area contributed by atoms with Gasteiger partial charge >= 0.3 is 5.97 Å². The minimum Gasteiger partial charge on any atom is -0.480 e. The molecule has 0 saturated carbocycles. The predicted molar refractivity (Wildman–Crippen MR) is 63.8 cm³/mol. The molecule has 1 aliphatic rings. The molecule has 0 radical (unpaired) electrons. The highest BCUT2D eigenvalue weighted by Crippen LogP contribution is 2.09. The van der Waals surface area contributed by atoms with Crippen LogP contribution in [0.4, 0.5) is 0 Å². The summed E-state index contributed by atoms with van der Waals surface area (Å²) in [5.41, 5.74) is 0. The predicted octanol–water partition coefficient (Wildman–Crippen LogP) is -0.788. The van der Waals surface area contributed by atoms with Crippen molar-refractivity contribution in [1.82, 2.24) is 15.1 Å². The minimum absolute atomic E-state index is 0.00438. The van der Waals surface area contributed by atoms with Gasteiger partial charge in [-0.25, -0.2) is 0 Å². The number of carboxylic acids is 1. The number of rotatable bonds is 4. The lowest BCUT2D eigenvalue weighted by Gasteiger charge is -2.38. The molecule has 6 nitrogen and oxygen atoms in total. The Balaban J connectivity index is 2.45. The van der Waals surface area contributed by atoms with Crippen molar-refractivity contribution in [2.75, 3.05) is 33.2 Å². The number of nitrogens with one attached hydrogen (secondary N) is 1. The molecule has 98 valence electrons. The highest BCUT2D eigenvalue weighted by molar-refractivity contribution is 5.81. The zero-order chi connectivity index (χ0) is 13.0. The summed E-state index contributed by atoms with van der Waals surface area (Å²) in [6.45, 7) is 6.40. The maximum atomic E-state index is 11.5. The molecular weight excluding hydrogens is 222 g/mol. The molecule has 17 heavy (non-hydrogen) atoms. The monoisotopic (exact) mass is 243 g/mol. The van der Waals surface area contributed by atoms with Crippen molar-refractivity contribution in [1.29, 1.82) is 0 Å². The number of carbonyl (C=O) groups excluding carboxylic acids is 1. The summed E-state index contributed by atoms with van der Waals surface area (Å²) < 4.78 is 0. The van der Waals surface area contributed by atoms with Gasteiger partial charge in [0.2, 0.25) is 5.91 Å². The van der Waals surface area contributed by atoms with Crippen LogP contribution in [0.3, 0.4) is 0 Å². The first-order valence-electron chi connectivity index (χ1n) is 5.90. The van der Waals surface area contributed by atoms with Crippen LogP contribution in [0.2, 0.25) is 0 Å². The summed E-state index contributed by atoms with van der Waals surface area (Å²) in [4.78, 5) is 26.3. The molecule has 0 aromatic rings. The van der Waals surface area contributed by atoms with Crippen molar-refractivity contribution in [3.8, 4) is 0 Å². The molecular formula is C11H21N3O3. The average Bonchev–Trinajstić information content (AvgIpc) is 2.36. The van der Waals surface area contributed by atoms with Crippen molar-refractivity contribution in [3.63, 3.8) is 0 Å². The Morgan fingerprint density at radius 3 is 1.82 bits per heavy atom. The first-order chi connectivity index (χ1) is 7.97. The number of carboxylic acid groups (broad SMARTS) is 1. The molecule has 0 spiro atoms. The first-order valence-corrected chi connectivity index (χ1v) is 5.90. The first kappa shape index (κ1) is 13.9. The summed E-state index contributed by atoms with van der Waals surface area (Å²) in [6.07, 6.45) is 0. The summed E-state index contributed by atoms with van der Waals surface area (Å²) in [5.74, 6) is -0.789. The van der Waals surface area contributed by atoms with Crippen LogP contribution in [-0.4, -0.2) is 72.1 Å². The van der Waals surface area contributed by atoms with Crippen LogP contribution in [-0.2, 0) is 9.59 Å². The van der Waals surface area contributed by atoms with Crippen molar-refractivity contribution < 1.29 is 14.7 Å². The van der Waals surface area contributed by atoms with Crippen LogP contribution in [0.25, 0.3) is 0 Å². The molecule has 2 unspecified atom stereocenters. The normalized spacial score (nSPS) is 21.8. The Morgan fingerprint density at radius 2 is 1.47 bits per heavy atom. The van der Waals surface area contributed by atoms with Crippen LogP contribution in [0.1, 0.15) is 13.8 Å². The van der Waals surface area contributed by atoms with Crippen molar-refractivity contribution >= 4 is 11.9 Å². The van der Waals surface area contributed by atoms with E-state index in [2.05, 4.69) is 10.2 Å². The number of hydrogen-bond donors (Lipinski definition) is 2. The lowest BCUT2D eigenvalue weighted by atomic mass is 10.2. The number of aliphatic carboxylic acids is 1. The summed E-state index contributed by atoms with van der Waals surface area (Å²) in [7, 11) is 1.63. The largest absolute Gasteiger partial charge is 0.480 e. The topological polar surface area (TPSA) is 72.9 Å². The summed E-state index contributed by atoms with van der Waals surface area (Å²) in [5, 5.41) is 11.5. The Bertz CT molecular complexity index is 288. The standard InChI is InChI=1S/C11H21N3O3/c1-8(10(15)12-3)13-4-6-14(7-5-13)9(2)11(16)17/h8-9H,4-7H2,1-3H3,(H,12,15)(H,16,17). The molecule has 0 aliphatic carbocycles. The Kier molecular flexibility index (Phi) is 4.89. The van der Waals surface area contributed by atoms with Crippen LogP contribution < -0.4 is 5.32 Å². The molecule has 1 amide bonds. The van der Waals surface area contributed by atoms with Gasteiger partial charge in [-0.2, -0.15) is 0 Å². The highest BCUT2D eigenvalue weighted by atomic mass is 16.4. The van der Waals surface area contributed by atoms with Crippen molar-refractivity contribution in [2.45, 2.75) is 25.9 Å². The van der Waals surface area contributed by atoms with Gasteiger partial charge in [-0.1, -0.05) is 0 Å². The zero-order valence-electron chi connectivity index (χ0n) is 10.6. The lowest BCUT2D eigenvalue weighted by molar-refractivity contribution is -0.143. The number of amides is 1. The lowest BCUT2D eigenvalue weighted by Crippen LogP contribution is -2.56. The number of nitrogens with zero attached hydrogens (tertiary/aromatic N) is 2. The number of piperazine rings is 1. The molecule has 0 aromatic heterocycles. The van der Waals surface area contributed by atoms with E-state index in [4.69, 9.17) is 5.11 Å². The fourth-order valence-electron chi connectivity index (χ4n) is 2.04. The molecule has 1 rings (SSSR count). The average molecular weight is 243 g/mol. The van der Waals surface area contributed by atoms with Crippen LogP contribution in [0, 0.1) is 0 Å². The molecule has 2 atom stereocenters. The van der Waals surface area contributed by atoms with E-state index in [1.165, 1.54) is 0 Å². The van der Waals surface area contributed by atoms with E-state index < -0.39 is 12.0 Å². The van der Waals surface area contributed by atoms with Gasteiger partial charge in [-0.15, -0.1) is 0 Å². The van der Waals surface area contributed by atoms with Gasteiger partial charge in [0.1, 0.15) is 6.04 Å². The highest BCUT2D eigenvalue weighted by Gasteiger charge is 2.28. The van der Waals surface area contributed by atoms with Crippen LogP contribution in [0.15, 0.2) is 0 Å². The number of likely N-dealkylation sites (N-methyl/N-ethyl adjacent to an activating group) is 1. The van der Waals surface area contributed by atoms with Crippen molar-refractivity contribution in [2.24, 2.45) is 0 Å². The van der Waals surface area contributed by atoms with Gasteiger partial charge in [-0.05, 0) is 13.8 Å². The maximum Gasteiger partial charge on any atom is 0.320 e. The SMILES string of the molecule is CNC(=O)C(C)N1CCN(C(C)C(=O)O)CC1. The maximum absolute atomic E-state index is 11.5. The fraction of sp³-hybridized carbons (Fsp3) is 0.818. The van der Waals surface area contributed by atoms with Gasteiger partial charge in [0.15, 0.2) is 0 Å². The quantitative estimate of drug-likeness (QED) is 0.677. The zero-order valence-corrected chi connectivity index (χ0v) is 10.6. The Labute approximate surface area is 102 Å². The molecule has 1 heterocycles.